The Morgan fingerprint density at radius 1 is 1.08 bits per heavy atom. The molecule has 1 amide bonds. The van der Waals surface area contributed by atoms with Crippen LogP contribution in [-0.2, 0) is 14.8 Å². The van der Waals surface area contributed by atoms with Crippen LogP contribution in [0.15, 0.2) is 41.3 Å². The van der Waals surface area contributed by atoms with Gasteiger partial charge in [-0.15, -0.1) is 0 Å². The number of amides is 1. The first-order valence-corrected chi connectivity index (χ1v) is 9.25. The quantitative estimate of drug-likeness (QED) is 0.827. The summed E-state index contributed by atoms with van der Waals surface area (Å²) in [6, 6.07) is 8.99. The Kier molecular flexibility index (Phi) is 4.90. The SMILES string of the molecule is COc1ccc(S(=O)(=O)Nc2ccc3c(c2)OCCO3)cc1NC(C)=O. The molecule has 0 radical (unpaired) electrons. The second kappa shape index (κ2) is 7.12. The average Bonchev–Trinajstić information content (AvgIpc) is 2.60. The molecule has 0 aromatic heterocycles. The third kappa shape index (κ3) is 3.83. The zero-order chi connectivity index (χ0) is 18.7. The molecule has 2 aromatic rings. The minimum absolute atomic E-state index is 0.0167. The van der Waals surface area contributed by atoms with E-state index in [1.165, 1.54) is 32.2 Å². The molecular formula is C17H18N2O6S. The van der Waals surface area contributed by atoms with Gasteiger partial charge in [0.1, 0.15) is 19.0 Å². The van der Waals surface area contributed by atoms with E-state index in [0.717, 1.165) is 0 Å². The van der Waals surface area contributed by atoms with E-state index in [4.69, 9.17) is 14.2 Å². The topological polar surface area (TPSA) is 103 Å². The lowest BCUT2D eigenvalue weighted by Crippen LogP contribution is -2.17. The predicted octanol–water partition coefficient (Wildman–Crippen LogP) is 2.23. The molecule has 1 aliphatic rings. The first-order chi connectivity index (χ1) is 12.4. The molecule has 2 N–H and O–H groups in total. The van der Waals surface area contributed by atoms with E-state index in [1.807, 2.05) is 0 Å². The molecule has 0 saturated heterocycles. The molecule has 2 aromatic carbocycles. The number of hydrogen-bond donors (Lipinski definition) is 2. The number of nitrogens with one attached hydrogen (secondary N) is 2. The van der Waals surface area contributed by atoms with Crippen LogP contribution >= 0.6 is 0 Å². The third-order valence-corrected chi connectivity index (χ3v) is 4.97. The number of carbonyl (C=O) groups excluding carboxylic acids is 1. The summed E-state index contributed by atoms with van der Waals surface area (Å²) in [6.45, 7) is 2.19. The van der Waals surface area contributed by atoms with Gasteiger partial charge in [0.05, 0.1) is 23.4 Å². The van der Waals surface area contributed by atoms with Crippen molar-refractivity contribution in [3.8, 4) is 17.2 Å². The zero-order valence-corrected chi connectivity index (χ0v) is 15.1. The molecule has 0 aliphatic carbocycles. The highest BCUT2D eigenvalue weighted by Crippen LogP contribution is 2.34. The largest absolute Gasteiger partial charge is 0.495 e. The van der Waals surface area contributed by atoms with Crippen LogP contribution in [0, 0.1) is 0 Å². The van der Waals surface area contributed by atoms with Gasteiger partial charge in [0, 0.05) is 13.0 Å². The number of rotatable bonds is 5. The van der Waals surface area contributed by atoms with Crippen LogP contribution in [0.3, 0.4) is 0 Å². The molecular weight excluding hydrogens is 360 g/mol. The van der Waals surface area contributed by atoms with Crippen LogP contribution in [0.5, 0.6) is 17.2 Å². The van der Waals surface area contributed by atoms with Crippen molar-refractivity contribution < 1.29 is 27.4 Å². The van der Waals surface area contributed by atoms with Crippen LogP contribution in [0.25, 0.3) is 0 Å². The van der Waals surface area contributed by atoms with Crippen LogP contribution < -0.4 is 24.2 Å². The number of hydrogen-bond acceptors (Lipinski definition) is 6. The van der Waals surface area contributed by atoms with E-state index in [-0.39, 0.29) is 16.5 Å². The molecule has 26 heavy (non-hydrogen) atoms. The zero-order valence-electron chi connectivity index (χ0n) is 14.2. The van der Waals surface area contributed by atoms with Crippen molar-refractivity contribution in [3.63, 3.8) is 0 Å². The van der Waals surface area contributed by atoms with E-state index in [1.54, 1.807) is 18.2 Å². The minimum atomic E-state index is -3.88. The van der Waals surface area contributed by atoms with Gasteiger partial charge >= 0.3 is 0 Å². The maximum atomic E-state index is 12.7. The number of benzene rings is 2. The molecule has 0 atom stereocenters. The normalized spacial score (nSPS) is 13.0. The summed E-state index contributed by atoms with van der Waals surface area (Å²) in [4.78, 5) is 11.3. The maximum absolute atomic E-state index is 12.7. The summed E-state index contributed by atoms with van der Waals surface area (Å²) in [5.74, 6) is 1.07. The predicted molar refractivity (Wildman–Crippen MR) is 95.5 cm³/mol. The third-order valence-electron chi connectivity index (χ3n) is 3.59. The molecule has 0 spiro atoms. The smallest absolute Gasteiger partial charge is 0.261 e. The highest BCUT2D eigenvalue weighted by Gasteiger charge is 2.19. The monoisotopic (exact) mass is 378 g/mol. The number of anilines is 2. The summed E-state index contributed by atoms with van der Waals surface area (Å²) in [5, 5.41) is 2.55. The van der Waals surface area contributed by atoms with Crippen molar-refractivity contribution in [1.82, 2.24) is 0 Å². The van der Waals surface area contributed by atoms with E-state index in [0.29, 0.717) is 36.1 Å². The van der Waals surface area contributed by atoms with Crippen molar-refractivity contribution >= 4 is 27.3 Å². The van der Waals surface area contributed by atoms with Crippen LogP contribution in [0.2, 0.25) is 0 Å². The summed E-state index contributed by atoms with van der Waals surface area (Å²) in [5.41, 5.74) is 0.608. The van der Waals surface area contributed by atoms with E-state index >= 15 is 0 Å². The Balaban J connectivity index is 1.89. The highest BCUT2D eigenvalue weighted by atomic mass is 32.2. The standard InChI is InChI=1S/C17H18N2O6S/c1-11(20)18-14-10-13(4-6-15(14)23-2)26(21,22)19-12-3-5-16-17(9-12)25-8-7-24-16/h3-6,9-10,19H,7-8H2,1-2H3,(H,18,20). The number of carbonyl (C=O) groups is 1. The van der Waals surface area contributed by atoms with E-state index in [2.05, 4.69) is 10.0 Å². The van der Waals surface area contributed by atoms with E-state index in [9.17, 15) is 13.2 Å². The highest BCUT2D eigenvalue weighted by molar-refractivity contribution is 7.92. The molecule has 1 heterocycles. The molecule has 8 nitrogen and oxygen atoms in total. The number of fused-ring (bicyclic) bond motifs is 1. The van der Waals surface area contributed by atoms with Gasteiger partial charge in [-0.05, 0) is 30.3 Å². The van der Waals surface area contributed by atoms with Gasteiger partial charge in [-0.1, -0.05) is 0 Å². The average molecular weight is 378 g/mol. The molecule has 0 bridgehead atoms. The second-order valence-electron chi connectivity index (χ2n) is 5.51. The van der Waals surface area contributed by atoms with Crippen molar-refractivity contribution in [2.75, 3.05) is 30.4 Å². The molecule has 0 saturated carbocycles. The van der Waals surface area contributed by atoms with Crippen molar-refractivity contribution in [3.05, 3.63) is 36.4 Å². The lowest BCUT2D eigenvalue weighted by molar-refractivity contribution is -0.114. The van der Waals surface area contributed by atoms with Crippen molar-refractivity contribution in [2.45, 2.75) is 11.8 Å². The summed E-state index contributed by atoms with van der Waals surface area (Å²) in [6.07, 6.45) is 0. The Morgan fingerprint density at radius 2 is 1.81 bits per heavy atom. The Bertz CT molecular complexity index is 942. The summed E-state index contributed by atoms with van der Waals surface area (Å²) in [7, 11) is -2.44. The minimum Gasteiger partial charge on any atom is -0.495 e. The molecule has 0 fully saturated rings. The Morgan fingerprint density at radius 3 is 2.50 bits per heavy atom. The first-order valence-electron chi connectivity index (χ1n) is 7.77. The molecule has 0 unspecified atom stereocenters. The van der Waals surface area contributed by atoms with Gasteiger partial charge in [-0.2, -0.15) is 0 Å². The van der Waals surface area contributed by atoms with Gasteiger partial charge in [0.25, 0.3) is 10.0 Å². The molecule has 1 aliphatic heterocycles. The number of ether oxygens (including phenoxy) is 3. The van der Waals surface area contributed by atoms with Crippen LogP contribution in [0.1, 0.15) is 6.92 Å². The first kappa shape index (κ1) is 17.9. The van der Waals surface area contributed by atoms with Crippen LogP contribution in [0.4, 0.5) is 11.4 Å². The van der Waals surface area contributed by atoms with Crippen LogP contribution in [-0.4, -0.2) is 34.6 Å². The number of sulfonamides is 1. The second-order valence-corrected chi connectivity index (χ2v) is 7.19. The fourth-order valence-electron chi connectivity index (χ4n) is 2.46. The number of methoxy groups -OCH3 is 1. The van der Waals surface area contributed by atoms with Gasteiger partial charge in [-0.25, -0.2) is 8.42 Å². The van der Waals surface area contributed by atoms with Gasteiger partial charge in [-0.3, -0.25) is 9.52 Å². The maximum Gasteiger partial charge on any atom is 0.261 e. The fourth-order valence-corrected chi connectivity index (χ4v) is 3.54. The van der Waals surface area contributed by atoms with Crippen molar-refractivity contribution in [1.29, 1.82) is 0 Å². The molecule has 138 valence electrons. The van der Waals surface area contributed by atoms with E-state index < -0.39 is 10.0 Å². The summed E-state index contributed by atoms with van der Waals surface area (Å²) < 4.78 is 43.8. The lowest BCUT2D eigenvalue weighted by Gasteiger charge is -2.19. The Hall–Kier alpha value is -2.94. The lowest BCUT2D eigenvalue weighted by atomic mass is 10.3. The van der Waals surface area contributed by atoms with Gasteiger partial charge < -0.3 is 19.5 Å². The Labute approximate surface area is 151 Å². The van der Waals surface area contributed by atoms with Gasteiger partial charge in [0.15, 0.2) is 11.5 Å². The fraction of sp³-hybridized carbons (Fsp3) is 0.235. The summed E-state index contributed by atoms with van der Waals surface area (Å²) >= 11 is 0. The van der Waals surface area contributed by atoms with Crippen molar-refractivity contribution in [2.24, 2.45) is 0 Å². The van der Waals surface area contributed by atoms with Gasteiger partial charge in [0.2, 0.25) is 5.91 Å². The molecule has 3 rings (SSSR count). The molecule has 9 heteroatoms.